The smallest absolute Gasteiger partial charge is 0.262 e. The van der Waals surface area contributed by atoms with Crippen LogP contribution in [0.4, 0.5) is 4.39 Å². The van der Waals surface area contributed by atoms with Crippen molar-refractivity contribution in [2.45, 2.75) is 5.88 Å². The van der Waals surface area contributed by atoms with Crippen LogP contribution in [-0.2, 0) is 5.88 Å². The van der Waals surface area contributed by atoms with Crippen LogP contribution in [-0.4, -0.2) is 15.0 Å². The maximum atomic E-state index is 13.6. The molecule has 0 spiro atoms. The Morgan fingerprint density at radius 2 is 1.94 bits per heavy atom. The summed E-state index contributed by atoms with van der Waals surface area (Å²) in [5, 5.41) is -0.773. The number of aromatic amines is 1. The molecule has 2 rings (SSSR count). The molecule has 0 fully saturated rings. The Kier molecular flexibility index (Phi) is 3.01. The van der Waals surface area contributed by atoms with Crippen LogP contribution < -0.4 is 5.56 Å². The number of rotatable bonds is 1. The quantitative estimate of drug-likeness (QED) is 0.646. The molecular weight excluding hydrogens is 279 g/mol. The zero-order chi connectivity index (χ0) is 11.9. The molecule has 16 heavy (non-hydrogen) atoms. The van der Waals surface area contributed by atoms with E-state index >= 15 is 0 Å². The SMILES string of the molecule is O=c1[nH]c(CCl)nc2c(F)c(Cl)nc(Cl)c12. The van der Waals surface area contributed by atoms with Gasteiger partial charge in [-0.05, 0) is 0 Å². The van der Waals surface area contributed by atoms with Crippen molar-refractivity contribution >= 4 is 45.7 Å². The molecule has 0 aliphatic carbocycles. The van der Waals surface area contributed by atoms with E-state index in [2.05, 4.69) is 15.0 Å². The van der Waals surface area contributed by atoms with Crippen LogP contribution >= 0.6 is 34.8 Å². The first kappa shape index (κ1) is 11.6. The maximum absolute atomic E-state index is 13.6. The second-order valence-electron chi connectivity index (χ2n) is 2.88. The fraction of sp³-hybridized carbons (Fsp3) is 0.125. The van der Waals surface area contributed by atoms with Crippen LogP contribution in [0.25, 0.3) is 10.9 Å². The minimum Gasteiger partial charge on any atom is -0.309 e. The Labute approximate surface area is 103 Å². The highest BCUT2D eigenvalue weighted by Crippen LogP contribution is 2.24. The number of halogens is 4. The summed E-state index contributed by atoms with van der Waals surface area (Å²) in [5.41, 5.74) is -0.835. The van der Waals surface area contributed by atoms with Crippen molar-refractivity contribution in [3.8, 4) is 0 Å². The van der Waals surface area contributed by atoms with Gasteiger partial charge < -0.3 is 4.98 Å². The van der Waals surface area contributed by atoms with E-state index in [1.807, 2.05) is 0 Å². The summed E-state index contributed by atoms with van der Waals surface area (Å²) >= 11 is 16.7. The minimum absolute atomic E-state index is 0.0534. The van der Waals surface area contributed by atoms with Crippen molar-refractivity contribution in [1.29, 1.82) is 0 Å². The predicted octanol–water partition coefficient (Wildman–Crippen LogP) is 2.50. The summed E-state index contributed by atoms with van der Waals surface area (Å²) in [4.78, 5) is 21.2. The Hall–Kier alpha value is -0.910. The molecule has 0 saturated heterocycles. The number of hydrogen-bond acceptors (Lipinski definition) is 3. The average Bonchev–Trinajstić information content (AvgIpc) is 2.24. The zero-order valence-electron chi connectivity index (χ0n) is 7.52. The second kappa shape index (κ2) is 4.16. The molecule has 2 heterocycles. The zero-order valence-corrected chi connectivity index (χ0v) is 9.79. The predicted molar refractivity (Wildman–Crippen MR) is 59.7 cm³/mol. The van der Waals surface area contributed by atoms with E-state index in [0.29, 0.717) is 0 Å². The van der Waals surface area contributed by atoms with Gasteiger partial charge in [-0.2, -0.15) is 0 Å². The Morgan fingerprint density at radius 3 is 2.56 bits per heavy atom. The van der Waals surface area contributed by atoms with Gasteiger partial charge in [0.25, 0.3) is 5.56 Å². The van der Waals surface area contributed by atoms with Crippen LogP contribution in [0.3, 0.4) is 0 Å². The number of fused-ring (bicyclic) bond motifs is 1. The Bertz CT molecular complexity index is 628. The Morgan fingerprint density at radius 1 is 1.25 bits per heavy atom. The average molecular weight is 282 g/mol. The summed E-state index contributed by atoms with van der Waals surface area (Å²) in [6.45, 7) is 0. The fourth-order valence-corrected chi connectivity index (χ4v) is 1.83. The molecule has 0 amide bonds. The number of alkyl halides is 1. The third-order valence-corrected chi connectivity index (χ3v) is 2.66. The highest BCUT2D eigenvalue weighted by atomic mass is 35.5. The van der Waals surface area contributed by atoms with Crippen molar-refractivity contribution < 1.29 is 4.39 Å². The maximum Gasteiger partial charge on any atom is 0.262 e. The summed E-state index contributed by atoms with van der Waals surface area (Å²) in [5.74, 6) is -0.808. The molecular formula is C8H3Cl3FN3O. The van der Waals surface area contributed by atoms with Crippen LogP contribution in [0.2, 0.25) is 10.3 Å². The van der Waals surface area contributed by atoms with Crippen LogP contribution in [0.1, 0.15) is 5.82 Å². The van der Waals surface area contributed by atoms with Crippen molar-refractivity contribution in [2.24, 2.45) is 0 Å². The van der Waals surface area contributed by atoms with Gasteiger partial charge in [0.15, 0.2) is 11.0 Å². The number of nitrogens with one attached hydrogen (secondary N) is 1. The van der Waals surface area contributed by atoms with E-state index in [-0.39, 0.29) is 27.8 Å². The number of pyridine rings is 1. The van der Waals surface area contributed by atoms with Gasteiger partial charge >= 0.3 is 0 Å². The van der Waals surface area contributed by atoms with E-state index in [0.717, 1.165) is 0 Å². The first-order valence-electron chi connectivity index (χ1n) is 4.04. The van der Waals surface area contributed by atoms with Crippen LogP contribution in [0.15, 0.2) is 4.79 Å². The summed E-state index contributed by atoms with van der Waals surface area (Å²) in [6, 6.07) is 0. The van der Waals surface area contributed by atoms with Gasteiger partial charge in [0.1, 0.15) is 21.9 Å². The fourth-order valence-electron chi connectivity index (χ4n) is 1.22. The molecule has 0 unspecified atom stereocenters. The van der Waals surface area contributed by atoms with E-state index in [9.17, 15) is 9.18 Å². The lowest BCUT2D eigenvalue weighted by Gasteiger charge is -2.03. The highest BCUT2D eigenvalue weighted by Gasteiger charge is 2.16. The van der Waals surface area contributed by atoms with E-state index in [4.69, 9.17) is 34.8 Å². The van der Waals surface area contributed by atoms with Crippen LogP contribution in [0.5, 0.6) is 0 Å². The molecule has 4 nitrogen and oxygen atoms in total. The highest BCUT2D eigenvalue weighted by molar-refractivity contribution is 6.36. The Balaban J connectivity index is 3.00. The molecule has 0 aromatic carbocycles. The van der Waals surface area contributed by atoms with Crippen molar-refractivity contribution in [3.63, 3.8) is 0 Å². The number of aromatic nitrogens is 3. The topological polar surface area (TPSA) is 58.6 Å². The summed E-state index contributed by atoms with van der Waals surface area (Å²) in [7, 11) is 0. The van der Waals surface area contributed by atoms with E-state index in [1.165, 1.54) is 0 Å². The number of H-pyrrole nitrogens is 1. The third kappa shape index (κ3) is 1.75. The number of nitrogens with zero attached hydrogens (tertiary/aromatic N) is 2. The van der Waals surface area contributed by atoms with Gasteiger partial charge in [0.2, 0.25) is 0 Å². The van der Waals surface area contributed by atoms with Gasteiger partial charge in [-0.25, -0.2) is 14.4 Å². The molecule has 0 saturated carbocycles. The van der Waals surface area contributed by atoms with Crippen molar-refractivity contribution in [3.05, 3.63) is 32.3 Å². The first-order valence-corrected chi connectivity index (χ1v) is 5.33. The van der Waals surface area contributed by atoms with Crippen molar-refractivity contribution in [2.75, 3.05) is 0 Å². The molecule has 0 aliphatic heterocycles. The lowest BCUT2D eigenvalue weighted by molar-refractivity contribution is 0.630. The van der Waals surface area contributed by atoms with Crippen molar-refractivity contribution in [1.82, 2.24) is 15.0 Å². The third-order valence-electron chi connectivity index (χ3n) is 1.89. The van der Waals surface area contributed by atoms with Crippen LogP contribution in [0, 0.1) is 5.82 Å². The molecule has 2 aromatic heterocycles. The lowest BCUT2D eigenvalue weighted by Crippen LogP contribution is -2.13. The van der Waals surface area contributed by atoms with Gasteiger partial charge in [0.05, 0.1) is 5.88 Å². The molecule has 0 radical (unpaired) electrons. The standard InChI is InChI=1S/C8H3Cl3FN3O/c9-1-2-13-5-3(8(16)14-2)6(10)15-7(11)4(5)12/h1H2,(H,13,14,16). The van der Waals surface area contributed by atoms with E-state index < -0.39 is 16.5 Å². The molecule has 0 atom stereocenters. The molecule has 0 bridgehead atoms. The summed E-state index contributed by atoms with van der Waals surface area (Å²) in [6.07, 6.45) is 0. The molecule has 2 aromatic rings. The molecule has 84 valence electrons. The molecule has 0 aliphatic rings. The molecule has 1 N–H and O–H groups in total. The lowest BCUT2D eigenvalue weighted by atomic mass is 10.3. The molecule has 8 heteroatoms. The van der Waals surface area contributed by atoms with Gasteiger partial charge in [0, 0.05) is 0 Å². The van der Waals surface area contributed by atoms with Gasteiger partial charge in [-0.3, -0.25) is 4.79 Å². The summed E-state index contributed by atoms with van der Waals surface area (Å²) < 4.78 is 13.6. The monoisotopic (exact) mass is 281 g/mol. The second-order valence-corrected chi connectivity index (χ2v) is 3.86. The first-order chi connectivity index (χ1) is 7.54. The van der Waals surface area contributed by atoms with Gasteiger partial charge in [-0.1, -0.05) is 23.2 Å². The minimum atomic E-state index is -0.890. The van der Waals surface area contributed by atoms with E-state index in [1.54, 1.807) is 0 Å². The number of hydrogen-bond donors (Lipinski definition) is 1. The normalized spacial score (nSPS) is 11.0. The van der Waals surface area contributed by atoms with Gasteiger partial charge in [-0.15, -0.1) is 11.6 Å². The largest absolute Gasteiger partial charge is 0.309 e.